The van der Waals surface area contributed by atoms with E-state index in [4.69, 9.17) is 21.3 Å². The quantitative estimate of drug-likeness (QED) is 0.542. The van der Waals surface area contributed by atoms with Gasteiger partial charge < -0.3 is 10.1 Å². The standard InChI is InChI=1S/C26H25ClN4O2/c1-15-6-7-18(16(2)10-15)11-20-13-24(32)29-25(28-20)22-14-23(27)30-31-26(22)33-21-5-3-4-19(12-21)17-8-9-17/h3-7,10,12,14,17,20H,8-9,11,13H2,1-2H3,(H,28,29,32)/t20-/m1/s1. The zero-order valence-electron chi connectivity index (χ0n) is 18.6. The molecule has 0 radical (unpaired) electrons. The molecular formula is C26H25ClN4O2. The van der Waals surface area contributed by atoms with Gasteiger partial charge in [0.05, 0.1) is 11.6 Å². The predicted octanol–water partition coefficient (Wildman–Crippen LogP) is 5.29. The molecule has 0 saturated heterocycles. The molecule has 7 heteroatoms. The lowest BCUT2D eigenvalue weighted by atomic mass is 9.97. The molecule has 0 spiro atoms. The summed E-state index contributed by atoms with van der Waals surface area (Å²) in [5, 5.41) is 11.2. The maximum Gasteiger partial charge on any atom is 0.250 e. The Labute approximate surface area is 198 Å². The monoisotopic (exact) mass is 460 g/mol. The summed E-state index contributed by atoms with van der Waals surface area (Å²) in [5.74, 6) is 1.86. The van der Waals surface area contributed by atoms with Crippen LogP contribution in [0.25, 0.3) is 0 Å². The van der Waals surface area contributed by atoms with Crippen molar-refractivity contribution in [2.45, 2.75) is 51.5 Å². The fraction of sp³-hybridized carbons (Fsp3) is 0.308. The van der Waals surface area contributed by atoms with E-state index in [2.05, 4.69) is 53.6 Å². The van der Waals surface area contributed by atoms with Crippen LogP contribution in [0.3, 0.4) is 0 Å². The number of aryl methyl sites for hydroxylation is 2. The first kappa shape index (κ1) is 21.6. The first-order valence-electron chi connectivity index (χ1n) is 11.2. The summed E-state index contributed by atoms with van der Waals surface area (Å²) in [7, 11) is 0. The zero-order valence-corrected chi connectivity index (χ0v) is 19.4. The summed E-state index contributed by atoms with van der Waals surface area (Å²) in [6.07, 6.45) is 3.41. The molecule has 2 aliphatic rings. The Morgan fingerprint density at radius 2 is 1.94 bits per heavy atom. The fourth-order valence-electron chi connectivity index (χ4n) is 4.20. The van der Waals surface area contributed by atoms with Crippen molar-refractivity contribution < 1.29 is 9.53 Å². The molecule has 1 aromatic heterocycles. The minimum atomic E-state index is -0.187. The van der Waals surface area contributed by atoms with Crippen LogP contribution < -0.4 is 10.1 Å². The minimum absolute atomic E-state index is 0.0932. The van der Waals surface area contributed by atoms with Crippen LogP contribution in [0, 0.1) is 13.8 Å². The molecule has 33 heavy (non-hydrogen) atoms. The van der Waals surface area contributed by atoms with Crippen LogP contribution in [0.4, 0.5) is 0 Å². The van der Waals surface area contributed by atoms with Gasteiger partial charge in [-0.25, -0.2) is 0 Å². The van der Waals surface area contributed by atoms with Crippen molar-refractivity contribution in [1.82, 2.24) is 15.5 Å². The molecule has 1 N–H and O–H groups in total. The molecule has 6 nitrogen and oxygen atoms in total. The second-order valence-corrected chi connectivity index (χ2v) is 9.24. The average molecular weight is 461 g/mol. The number of amidine groups is 1. The highest BCUT2D eigenvalue weighted by molar-refractivity contribution is 6.29. The molecule has 168 valence electrons. The van der Waals surface area contributed by atoms with E-state index in [9.17, 15) is 4.79 Å². The third-order valence-corrected chi connectivity index (χ3v) is 6.24. The van der Waals surface area contributed by atoms with Crippen molar-refractivity contribution in [3.05, 3.63) is 81.5 Å². The second kappa shape index (κ2) is 8.94. The number of carbonyl (C=O) groups excluding carboxylic acids is 1. The third kappa shape index (κ3) is 5.06. The molecule has 0 unspecified atom stereocenters. The second-order valence-electron chi connectivity index (χ2n) is 8.85. The van der Waals surface area contributed by atoms with Gasteiger partial charge in [0.2, 0.25) is 11.8 Å². The summed E-state index contributed by atoms with van der Waals surface area (Å²) in [4.78, 5) is 17.4. The highest BCUT2D eigenvalue weighted by atomic mass is 35.5. The van der Waals surface area contributed by atoms with E-state index in [1.807, 2.05) is 18.2 Å². The third-order valence-electron chi connectivity index (χ3n) is 6.05. The first-order chi connectivity index (χ1) is 15.9. The van der Waals surface area contributed by atoms with Gasteiger partial charge in [-0.2, -0.15) is 0 Å². The van der Waals surface area contributed by atoms with Gasteiger partial charge in [0.25, 0.3) is 0 Å². The number of hydrogen-bond donors (Lipinski definition) is 1. The van der Waals surface area contributed by atoms with Gasteiger partial charge in [-0.05, 0) is 73.9 Å². The van der Waals surface area contributed by atoms with Crippen LogP contribution in [-0.4, -0.2) is 28.0 Å². The number of hydrogen-bond acceptors (Lipinski definition) is 5. The van der Waals surface area contributed by atoms with Crippen molar-refractivity contribution in [1.29, 1.82) is 0 Å². The van der Waals surface area contributed by atoms with Crippen molar-refractivity contribution in [2.75, 3.05) is 0 Å². The normalized spacial score (nSPS) is 18.0. The molecule has 5 rings (SSSR count). The fourth-order valence-corrected chi connectivity index (χ4v) is 4.35. The van der Waals surface area contributed by atoms with Crippen molar-refractivity contribution >= 4 is 23.3 Å². The molecule has 1 saturated carbocycles. The number of halogens is 1. The van der Waals surface area contributed by atoms with Crippen LogP contribution in [0.5, 0.6) is 11.6 Å². The molecule has 2 heterocycles. The first-order valence-corrected chi connectivity index (χ1v) is 11.6. The largest absolute Gasteiger partial charge is 0.437 e. The number of amides is 1. The number of aliphatic imine (C=N–C) groups is 1. The summed E-state index contributed by atoms with van der Waals surface area (Å²) in [6.45, 7) is 4.16. The molecule has 1 aliphatic heterocycles. The Balaban J connectivity index is 1.45. The van der Waals surface area contributed by atoms with Gasteiger partial charge in [0.15, 0.2) is 5.15 Å². The van der Waals surface area contributed by atoms with Gasteiger partial charge in [-0.3, -0.25) is 9.79 Å². The maximum absolute atomic E-state index is 12.6. The highest BCUT2D eigenvalue weighted by Crippen LogP contribution is 2.41. The van der Waals surface area contributed by atoms with Crippen molar-refractivity contribution in [3.8, 4) is 11.6 Å². The van der Waals surface area contributed by atoms with Crippen molar-refractivity contribution in [3.63, 3.8) is 0 Å². The topological polar surface area (TPSA) is 76.5 Å². The number of ether oxygens (including phenoxy) is 1. The lowest BCUT2D eigenvalue weighted by molar-refractivity contribution is -0.120. The molecule has 1 aliphatic carbocycles. The lowest BCUT2D eigenvalue weighted by Gasteiger charge is -2.22. The zero-order chi connectivity index (χ0) is 22.9. The van der Waals surface area contributed by atoms with Crippen LogP contribution in [-0.2, 0) is 11.2 Å². The molecule has 3 aromatic rings. The van der Waals surface area contributed by atoms with E-state index < -0.39 is 0 Å². The molecule has 1 atom stereocenters. The summed E-state index contributed by atoms with van der Waals surface area (Å²) < 4.78 is 6.09. The number of rotatable bonds is 6. The van der Waals surface area contributed by atoms with Crippen LogP contribution in [0.1, 0.15) is 53.0 Å². The SMILES string of the molecule is Cc1ccc(C[C@@H]2CC(=O)NC(c3cc(Cl)nnc3Oc3cccc(C4CC4)c3)=N2)c(C)c1. The van der Waals surface area contributed by atoms with E-state index in [1.165, 1.54) is 35.1 Å². The van der Waals surface area contributed by atoms with Gasteiger partial charge in [-0.1, -0.05) is 47.5 Å². The Hall–Kier alpha value is -3.25. The molecule has 0 bridgehead atoms. The van der Waals surface area contributed by atoms with Gasteiger partial charge in [0, 0.05) is 6.42 Å². The van der Waals surface area contributed by atoms with Crippen molar-refractivity contribution in [2.24, 2.45) is 4.99 Å². The molecular weight excluding hydrogens is 436 g/mol. The lowest BCUT2D eigenvalue weighted by Crippen LogP contribution is -2.40. The minimum Gasteiger partial charge on any atom is -0.437 e. The summed E-state index contributed by atoms with van der Waals surface area (Å²) >= 11 is 6.16. The number of nitrogens with one attached hydrogen (secondary N) is 1. The van der Waals surface area contributed by atoms with Crippen LogP contribution in [0.2, 0.25) is 5.15 Å². The number of nitrogens with zero attached hydrogens (tertiary/aromatic N) is 3. The van der Waals surface area contributed by atoms with Gasteiger partial charge >= 0.3 is 0 Å². The number of aromatic nitrogens is 2. The van der Waals surface area contributed by atoms with Gasteiger partial charge in [0.1, 0.15) is 11.6 Å². The number of carbonyl (C=O) groups is 1. The van der Waals surface area contributed by atoms with E-state index >= 15 is 0 Å². The van der Waals surface area contributed by atoms with E-state index in [0.29, 0.717) is 35.9 Å². The smallest absolute Gasteiger partial charge is 0.250 e. The maximum atomic E-state index is 12.6. The van der Waals surface area contributed by atoms with Crippen LogP contribution in [0.15, 0.2) is 53.5 Å². The Bertz CT molecular complexity index is 1250. The Morgan fingerprint density at radius 3 is 2.73 bits per heavy atom. The van der Waals surface area contributed by atoms with E-state index in [1.54, 1.807) is 6.07 Å². The predicted molar refractivity (Wildman–Crippen MR) is 128 cm³/mol. The average Bonchev–Trinajstić information content (AvgIpc) is 3.62. The van der Waals surface area contributed by atoms with E-state index in [0.717, 1.165) is 0 Å². The van der Waals surface area contributed by atoms with Crippen LogP contribution >= 0.6 is 11.6 Å². The highest BCUT2D eigenvalue weighted by Gasteiger charge is 2.27. The Kier molecular flexibility index (Phi) is 5.85. The molecule has 1 fully saturated rings. The number of benzene rings is 2. The summed E-state index contributed by atoms with van der Waals surface area (Å²) in [6, 6.07) is 15.8. The van der Waals surface area contributed by atoms with E-state index in [-0.39, 0.29) is 23.0 Å². The Morgan fingerprint density at radius 1 is 1.09 bits per heavy atom. The van der Waals surface area contributed by atoms with Gasteiger partial charge in [-0.15, -0.1) is 10.2 Å². The molecule has 2 aromatic carbocycles. The molecule has 1 amide bonds. The summed E-state index contributed by atoms with van der Waals surface area (Å²) in [5.41, 5.74) is 5.37.